The second kappa shape index (κ2) is 7.21. The van der Waals surface area contributed by atoms with E-state index in [1.165, 1.54) is 6.42 Å². The zero-order valence-electron chi connectivity index (χ0n) is 15.5. The standard InChI is InChI=1S/C18H31N5O/c1-13(2)22-11-6-5-9-17(22)18(24)21-10-7-8-16(12-21)23-15(4)19-14(3)20-23/h13,16-17H,5-12H2,1-4H3/t16-,17-/m0/s1. The molecule has 0 unspecified atom stereocenters. The number of amides is 1. The van der Waals surface area contributed by atoms with E-state index in [1.54, 1.807) is 0 Å². The quantitative estimate of drug-likeness (QED) is 0.852. The molecule has 0 bridgehead atoms. The summed E-state index contributed by atoms with van der Waals surface area (Å²) < 4.78 is 2.02. The van der Waals surface area contributed by atoms with Crippen LogP contribution in [-0.2, 0) is 4.79 Å². The minimum Gasteiger partial charge on any atom is -0.339 e. The highest BCUT2D eigenvalue weighted by molar-refractivity contribution is 5.82. The molecule has 0 radical (unpaired) electrons. The Morgan fingerprint density at radius 3 is 2.58 bits per heavy atom. The van der Waals surface area contributed by atoms with Crippen molar-refractivity contribution in [1.82, 2.24) is 24.6 Å². The summed E-state index contributed by atoms with van der Waals surface area (Å²) in [6, 6.07) is 0.760. The van der Waals surface area contributed by atoms with Gasteiger partial charge in [0, 0.05) is 19.1 Å². The number of aromatic nitrogens is 3. The maximum atomic E-state index is 13.2. The van der Waals surface area contributed by atoms with Gasteiger partial charge in [0.05, 0.1) is 12.1 Å². The van der Waals surface area contributed by atoms with Crippen LogP contribution in [0.2, 0.25) is 0 Å². The Balaban J connectivity index is 1.71. The van der Waals surface area contributed by atoms with Crippen LogP contribution in [0.3, 0.4) is 0 Å². The van der Waals surface area contributed by atoms with Gasteiger partial charge in [-0.1, -0.05) is 6.42 Å². The van der Waals surface area contributed by atoms with Crippen molar-refractivity contribution in [2.45, 2.75) is 77.9 Å². The molecule has 134 valence electrons. The van der Waals surface area contributed by atoms with Crippen molar-refractivity contribution < 1.29 is 4.79 Å². The van der Waals surface area contributed by atoms with Gasteiger partial charge < -0.3 is 4.90 Å². The molecule has 2 fully saturated rings. The van der Waals surface area contributed by atoms with E-state index in [0.717, 1.165) is 57.0 Å². The van der Waals surface area contributed by atoms with Crippen LogP contribution in [-0.4, -0.2) is 62.2 Å². The Bertz CT molecular complexity index is 582. The summed E-state index contributed by atoms with van der Waals surface area (Å²) in [4.78, 5) is 22.1. The minimum atomic E-state index is 0.0658. The highest BCUT2D eigenvalue weighted by Gasteiger charge is 2.35. The van der Waals surface area contributed by atoms with E-state index in [4.69, 9.17) is 0 Å². The Labute approximate surface area is 145 Å². The summed E-state index contributed by atoms with van der Waals surface area (Å²) in [7, 11) is 0. The third kappa shape index (κ3) is 3.48. The second-order valence-electron chi connectivity index (χ2n) is 7.57. The molecule has 0 aromatic carbocycles. The molecule has 1 aromatic rings. The molecule has 3 rings (SSSR count). The molecule has 1 aromatic heterocycles. The van der Waals surface area contributed by atoms with Crippen molar-refractivity contribution >= 4 is 5.91 Å². The van der Waals surface area contributed by atoms with Gasteiger partial charge >= 0.3 is 0 Å². The molecule has 2 aliphatic heterocycles. The van der Waals surface area contributed by atoms with Gasteiger partial charge in [-0.2, -0.15) is 5.10 Å². The monoisotopic (exact) mass is 333 g/mol. The zero-order valence-corrected chi connectivity index (χ0v) is 15.5. The van der Waals surface area contributed by atoms with Crippen molar-refractivity contribution in [3.8, 4) is 0 Å². The first-order chi connectivity index (χ1) is 11.5. The number of aryl methyl sites for hydroxylation is 2. The molecular formula is C18H31N5O. The van der Waals surface area contributed by atoms with E-state index in [9.17, 15) is 4.79 Å². The predicted octanol–water partition coefficient (Wildman–Crippen LogP) is 2.32. The van der Waals surface area contributed by atoms with Crippen molar-refractivity contribution in [2.24, 2.45) is 0 Å². The summed E-state index contributed by atoms with van der Waals surface area (Å²) in [6.07, 6.45) is 5.50. The summed E-state index contributed by atoms with van der Waals surface area (Å²) in [6.45, 7) is 11.0. The SMILES string of the molecule is Cc1nc(C)n([C@H]2CCCN(C(=O)[C@@H]3CCCCN3C(C)C)C2)n1. The number of carbonyl (C=O) groups excluding carboxylic acids is 1. The largest absolute Gasteiger partial charge is 0.339 e. The van der Waals surface area contributed by atoms with Crippen LogP contribution in [0.5, 0.6) is 0 Å². The van der Waals surface area contributed by atoms with Crippen LogP contribution in [0.4, 0.5) is 0 Å². The molecule has 2 atom stereocenters. The molecule has 2 saturated heterocycles. The summed E-state index contributed by atoms with van der Waals surface area (Å²) in [5, 5.41) is 4.54. The van der Waals surface area contributed by atoms with Gasteiger partial charge in [-0.15, -0.1) is 0 Å². The summed E-state index contributed by atoms with van der Waals surface area (Å²) in [5.74, 6) is 2.09. The van der Waals surface area contributed by atoms with Crippen LogP contribution in [0.25, 0.3) is 0 Å². The highest BCUT2D eigenvalue weighted by atomic mass is 16.2. The zero-order chi connectivity index (χ0) is 17.3. The lowest BCUT2D eigenvalue weighted by Gasteiger charge is -2.42. The number of hydrogen-bond acceptors (Lipinski definition) is 4. The van der Waals surface area contributed by atoms with E-state index in [-0.39, 0.29) is 12.1 Å². The fourth-order valence-electron chi connectivity index (χ4n) is 4.28. The highest BCUT2D eigenvalue weighted by Crippen LogP contribution is 2.26. The molecule has 6 nitrogen and oxygen atoms in total. The number of rotatable bonds is 3. The average Bonchev–Trinajstić information content (AvgIpc) is 2.92. The van der Waals surface area contributed by atoms with Crippen molar-refractivity contribution in [3.05, 3.63) is 11.6 Å². The van der Waals surface area contributed by atoms with E-state index in [2.05, 4.69) is 33.7 Å². The molecule has 6 heteroatoms. The molecule has 0 spiro atoms. The molecule has 0 N–H and O–H groups in total. The minimum absolute atomic E-state index is 0.0658. The number of likely N-dealkylation sites (tertiary alicyclic amines) is 2. The first-order valence-corrected chi connectivity index (χ1v) is 9.41. The summed E-state index contributed by atoms with van der Waals surface area (Å²) in [5.41, 5.74) is 0. The summed E-state index contributed by atoms with van der Waals surface area (Å²) >= 11 is 0. The van der Waals surface area contributed by atoms with Gasteiger partial charge in [-0.25, -0.2) is 9.67 Å². The lowest BCUT2D eigenvalue weighted by atomic mass is 9.97. The Hall–Kier alpha value is -1.43. The van der Waals surface area contributed by atoms with Crippen molar-refractivity contribution in [1.29, 1.82) is 0 Å². The van der Waals surface area contributed by atoms with Crippen LogP contribution < -0.4 is 0 Å². The third-order valence-corrected chi connectivity index (χ3v) is 5.45. The Morgan fingerprint density at radius 2 is 1.92 bits per heavy atom. The normalized spacial score (nSPS) is 26.1. The number of carbonyl (C=O) groups is 1. The van der Waals surface area contributed by atoms with Crippen LogP contribution in [0, 0.1) is 13.8 Å². The van der Waals surface area contributed by atoms with Crippen molar-refractivity contribution in [2.75, 3.05) is 19.6 Å². The molecule has 2 aliphatic rings. The van der Waals surface area contributed by atoms with Crippen LogP contribution in [0.1, 0.15) is 63.6 Å². The first kappa shape index (κ1) is 17.4. The van der Waals surface area contributed by atoms with Gasteiger partial charge in [0.15, 0.2) is 0 Å². The molecule has 24 heavy (non-hydrogen) atoms. The Kier molecular flexibility index (Phi) is 5.23. The number of piperidine rings is 2. The van der Waals surface area contributed by atoms with Crippen molar-refractivity contribution in [3.63, 3.8) is 0 Å². The van der Waals surface area contributed by atoms with E-state index in [1.807, 2.05) is 18.5 Å². The van der Waals surface area contributed by atoms with Crippen LogP contribution >= 0.6 is 0 Å². The van der Waals surface area contributed by atoms with Gasteiger partial charge in [0.25, 0.3) is 0 Å². The second-order valence-corrected chi connectivity index (χ2v) is 7.57. The topological polar surface area (TPSA) is 54.3 Å². The van der Waals surface area contributed by atoms with Gasteiger partial charge in [-0.05, 0) is 59.9 Å². The first-order valence-electron chi connectivity index (χ1n) is 9.41. The Morgan fingerprint density at radius 1 is 1.12 bits per heavy atom. The third-order valence-electron chi connectivity index (χ3n) is 5.45. The molecular weight excluding hydrogens is 302 g/mol. The number of hydrogen-bond donors (Lipinski definition) is 0. The molecule has 1 amide bonds. The van der Waals surface area contributed by atoms with E-state index >= 15 is 0 Å². The van der Waals surface area contributed by atoms with Gasteiger partial charge in [0.2, 0.25) is 5.91 Å². The fourth-order valence-corrected chi connectivity index (χ4v) is 4.28. The average molecular weight is 333 g/mol. The van der Waals surface area contributed by atoms with Gasteiger partial charge in [-0.3, -0.25) is 9.69 Å². The lowest BCUT2D eigenvalue weighted by molar-refractivity contribution is -0.141. The maximum absolute atomic E-state index is 13.2. The van der Waals surface area contributed by atoms with E-state index in [0.29, 0.717) is 11.9 Å². The lowest BCUT2D eigenvalue weighted by Crippen LogP contribution is -2.55. The molecule has 0 saturated carbocycles. The van der Waals surface area contributed by atoms with E-state index < -0.39 is 0 Å². The van der Waals surface area contributed by atoms with Crippen LogP contribution in [0.15, 0.2) is 0 Å². The molecule has 3 heterocycles. The molecule has 0 aliphatic carbocycles. The predicted molar refractivity (Wildman–Crippen MR) is 93.8 cm³/mol. The fraction of sp³-hybridized carbons (Fsp3) is 0.833. The smallest absolute Gasteiger partial charge is 0.240 e. The van der Waals surface area contributed by atoms with Gasteiger partial charge in [0.1, 0.15) is 11.6 Å². The number of nitrogens with zero attached hydrogens (tertiary/aromatic N) is 5. The maximum Gasteiger partial charge on any atom is 0.240 e.